The average molecular weight is 554 g/mol. The van der Waals surface area contributed by atoms with Crippen LogP contribution in [0, 0.1) is 0 Å². The molecule has 206 valence electrons. The van der Waals surface area contributed by atoms with Crippen molar-refractivity contribution >= 4 is 34.0 Å². The number of unbranched alkanes of at least 4 members (excludes halogenated alkanes) is 1. The Balaban J connectivity index is 1.26. The van der Waals surface area contributed by atoms with E-state index in [0.717, 1.165) is 32.4 Å². The molecule has 0 saturated heterocycles. The van der Waals surface area contributed by atoms with Crippen molar-refractivity contribution in [2.75, 3.05) is 31.6 Å². The van der Waals surface area contributed by atoms with Crippen molar-refractivity contribution < 1.29 is 22.6 Å². The van der Waals surface area contributed by atoms with Crippen LogP contribution in [0.25, 0.3) is 0 Å². The molecule has 0 spiro atoms. The van der Waals surface area contributed by atoms with Gasteiger partial charge in [-0.15, -0.1) is 0 Å². The number of carbonyl (C=O) groups excluding carboxylic acids is 2. The van der Waals surface area contributed by atoms with Crippen LogP contribution in [0.15, 0.2) is 77.1 Å². The third-order valence-corrected chi connectivity index (χ3v) is 6.34. The van der Waals surface area contributed by atoms with Gasteiger partial charge in [0, 0.05) is 37.2 Å². The predicted molar refractivity (Wildman–Crippen MR) is 147 cm³/mol. The van der Waals surface area contributed by atoms with Gasteiger partial charge >= 0.3 is 0 Å². The number of hydrogen-bond acceptors (Lipinski definition) is 9. The lowest BCUT2D eigenvalue weighted by Crippen LogP contribution is -2.28. The molecule has 2 amide bonds. The minimum atomic E-state index is -4.37. The van der Waals surface area contributed by atoms with Crippen molar-refractivity contribution in [3.63, 3.8) is 0 Å². The fraction of sp³-hybridized carbons (Fsp3) is 0.269. The van der Waals surface area contributed by atoms with Gasteiger partial charge in [-0.05, 0) is 62.7 Å². The molecule has 0 aliphatic rings. The van der Waals surface area contributed by atoms with Crippen LogP contribution in [0.3, 0.4) is 0 Å². The lowest BCUT2D eigenvalue weighted by Gasteiger charge is -2.08. The monoisotopic (exact) mass is 553 g/mol. The quantitative estimate of drug-likeness (QED) is 0.0817. The molecule has 0 fully saturated rings. The van der Waals surface area contributed by atoms with E-state index in [2.05, 4.69) is 36.4 Å². The molecule has 0 bridgehead atoms. The predicted octanol–water partition coefficient (Wildman–Crippen LogP) is 2.09. The Morgan fingerprint density at radius 3 is 2.23 bits per heavy atom. The molecule has 3 aromatic rings. The number of hydrazone groups is 1. The number of nitrogens with zero attached hydrogens (tertiary/aromatic N) is 3. The molecule has 0 atom stereocenters. The number of rotatable bonds is 15. The summed E-state index contributed by atoms with van der Waals surface area (Å²) >= 11 is 0. The molecule has 5 N–H and O–H groups in total. The van der Waals surface area contributed by atoms with Gasteiger partial charge in [-0.25, -0.2) is 4.98 Å². The number of amides is 2. The van der Waals surface area contributed by atoms with Gasteiger partial charge in [0.25, 0.3) is 21.9 Å². The maximum absolute atomic E-state index is 12.3. The minimum Gasteiger partial charge on any atom is -0.352 e. The summed E-state index contributed by atoms with van der Waals surface area (Å²) in [4.78, 5) is 32.0. The number of pyridine rings is 2. The Bertz CT molecular complexity index is 1350. The third-order valence-electron chi connectivity index (χ3n) is 5.41. The van der Waals surface area contributed by atoms with E-state index in [4.69, 9.17) is 0 Å². The first-order valence-corrected chi connectivity index (χ1v) is 13.8. The number of nitrogens with one attached hydrogen (secondary N) is 4. The summed E-state index contributed by atoms with van der Waals surface area (Å²) in [6, 6.07) is 12.5. The molecule has 2 aromatic heterocycles. The maximum atomic E-state index is 12.3. The van der Waals surface area contributed by atoms with E-state index in [1.54, 1.807) is 36.5 Å². The molecule has 0 unspecified atom stereocenters. The Morgan fingerprint density at radius 1 is 0.846 bits per heavy atom. The van der Waals surface area contributed by atoms with Crippen LogP contribution in [0.5, 0.6) is 0 Å². The number of benzene rings is 1. The van der Waals surface area contributed by atoms with Crippen molar-refractivity contribution in [1.82, 2.24) is 25.9 Å². The molecule has 2 heterocycles. The van der Waals surface area contributed by atoms with E-state index in [9.17, 15) is 22.6 Å². The summed E-state index contributed by atoms with van der Waals surface area (Å²) in [6.07, 6.45) is 8.36. The highest BCUT2D eigenvalue weighted by atomic mass is 32.2. The summed E-state index contributed by atoms with van der Waals surface area (Å²) in [5.74, 6) is -0.0155. The summed E-state index contributed by atoms with van der Waals surface area (Å²) < 4.78 is 32.1. The summed E-state index contributed by atoms with van der Waals surface area (Å²) in [5, 5.41) is 13.0. The fourth-order valence-electron chi connectivity index (χ4n) is 3.40. The van der Waals surface area contributed by atoms with Crippen LogP contribution < -0.4 is 21.4 Å². The van der Waals surface area contributed by atoms with Crippen molar-refractivity contribution in [2.24, 2.45) is 5.10 Å². The topological polar surface area (TPSA) is 175 Å². The summed E-state index contributed by atoms with van der Waals surface area (Å²) in [5.41, 5.74) is 3.81. The minimum absolute atomic E-state index is 0.124. The van der Waals surface area contributed by atoms with Gasteiger partial charge < -0.3 is 16.0 Å². The Morgan fingerprint density at radius 2 is 1.54 bits per heavy atom. The third kappa shape index (κ3) is 10.2. The molecule has 12 nitrogen and oxygen atoms in total. The standard InChI is InChI=1S/C26H31N7O5S/c34-25(21-8-5-13-28-17-21)29-15-4-3-12-27-14-6-16-30-26(35)22-10-11-24(31-18-22)33-32-19-20-7-1-2-9-23(20)39(36,37)38/h1-2,5,7-11,13,17-19,27H,3-4,6,12,14-16H2,(H,29,34)(H,30,35)(H,31,33)(H,36,37,38)/b32-19-. The van der Waals surface area contributed by atoms with Gasteiger partial charge in [0.05, 0.1) is 17.3 Å². The summed E-state index contributed by atoms with van der Waals surface area (Å²) in [7, 11) is -4.37. The zero-order valence-corrected chi connectivity index (χ0v) is 22.0. The zero-order valence-electron chi connectivity index (χ0n) is 21.2. The van der Waals surface area contributed by atoms with Gasteiger partial charge in [0.1, 0.15) is 10.7 Å². The second-order valence-electron chi connectivity index (χ2n) is 8.38. The molecule has 0 aliphatic heterocycles. The lowest BCUT2D eigenvalue weighted by atomic mass is 10.2. The lowest BCUT2D eigenvalue weighted by molar-refractivity contribution is 0.0944. The number of anilines is 1. The van der Waals surface area contributed by atoms with Crippen molar-refractivity contribution in [3.05, 3.63) is 83.8 Å². The Labute approximate surface area is 227 Å². The molecular formula is C26H31N7O5S. The van der Waals surface area contributed by atoms with Crippen LogP contribution in [0.2, 0.25) is 0 Å². The number of hydrogen-bond donors (Lipinski definition) is 5. The molecule has 39 heavy (non-hydrogen) atoms. The van der Waals surface area contributed by atoms with E-state index in [1.165, 1.54) is 36.8 Å². The highest BCUT2D eigenvalue weighted by Gasteiger charge is 2.13. The SMILES string of the molecule is O=C(NCCCCNCCCNC(=O)c1ccc(N/N=C\c2ccccc2S(=O)(=O)O)nc1)c1cccnc1. The van der Waals surface area contributed by atoms with Gasteiger partial charge in [-0.3, -0.25) is 24.6 Å². The molecule has 0 aliphatic carbocycles. The average Bonchev–Trinajstić information content (AvgIpc) is 2.94. The number of carbonyl (C=O) groups is 2. The van der Waals surface area contributed by atoms with Crippen molar-refractivity contribution in [3.8, 4) is 0 Å². The highest BCUT2D eigenvalue weighted by molar-refractivity contribution is 7.86. The molecule has 13 heteroatoms. The van der Waals surface area contributed by atoms with Gasteiger partial charge in [0.15, 0.2) is 0 Å². The Hall–Kier alpha value is -4.20. The summed E-state index contributed by atoms with van der Waals surface area (Å²) in [6.45, 7) is 2.67. The second kappa shape index (κ2) is 15.3. The fourth-order valence-corrected chi connectivity index (χ4v) is 4.07. The van der Waals surface area contributed by atoms with E-state index in [1.807, 2.05) is 0 Å². The van der Waals surface area contributed by atoms with Gasteiger partial charge in [0.2, 0.25) is 0 Å². The van der Waals surface area contributed by atoms with Crippen LogP contribution in [-0.4, -0.2) is 67.1 Å². The maximum Gasteiger partial charge on any atom is 0.295 e. The second-order valence-corrected chi connectivity index (χ2v) is 9.77. The molecular weight excluding hydrogens is 522 g/mol. The normalized spacial score (nSPS) is 11.3. The van der Waals surface area contributed by atoms with E-state index < -0.39 is 10.1 Å². The van der Waals surface area contributed by atoms with Crippen molar-refractivity contribution in [2.45, 2.75) is 24.2 Å². The first-order valence-electron chi connectivity index (χ1n) is 12.3. The molecule has 0 radical (unpaired) electrons. The van der Waals surface area contributed by atoms with Gasteiger partial charge in [-0.1, -0.05) is 18.2 Å². The van der Waals surface area contributed by atoms with Crippen LogP contribution in [0.4, 0.5) is 5.82 Å². The first kappa shape index (κ1) is 29.4. The van der Waals surface area contributed by atoms with Gasteiger partial charge in [-0.2, -0.15) is 13.5 Å². The van der Waals surface area contributed by atoms with Crippen molar-refractivity contribution in [1.29, 1.82) is 0 Å². The Kier molecular flexibility index (Phi) is 11.5. The van der Waals surface area contributed by atoms with E-state index in [0.29, 0.717) is 30.0 Å². The molecule has 1 aromatic carbocycles. The van der Waals surface area contributed by atoms with Crippen LogP contribution in [0.1, 0.15) is 45.5 Å². The molecule has 3 rings (SSSR count). The zero-order chi connectivity index (χ0) is 27.9. The largest absolute Gasteiger partial charge is 0.352 e. The molecule has 0 saturated carbocycles. The van der Waals surface area contributed by atoms with E-state index in [-0.39, 0.29) is 22.3 Å². The van der Waals surface area contributed by atoms with E-state index >= 15 is 0 Å². The number of aromatic nitrogens is 2. The highest BCUT2D eigenvalue weighted by Crippen LogP contribution is 2.13. The first-order chi connectivity index (χ1) is 18.8. The smallest absolute Gasteiger partial charge is 0.295 e. The van der Waals surface area contributed by atoms with Crippen LogP contribution >= 0.6 is 0 Å². The van der Waals surface area contributed by atoms with Crippen LogP contribution in [-0.2, 0) is 10.1 Å².